The highest BCUT2D eigenvalue weighted by atomic mass is 16.5. The van der Waals surface area contributed by atoms with Gasteiger partial charge in [0.25, 0.3) is 5.91 Å². The normalized spacial score (nSPS) is 10.1. The maximum absolute atomic E-state index is 11.3. The summed E-state index contributed by atoms with van der Waals surface area (Å²) < 4.78 is 5.64. The molecule has 0 heterocycles. The van der Waals surface area contributed by atoms with Gasteiger partial charge in [-0.3, -0.25) is 4.79 Å². The van der Waals surface area contributed by atoms with Crippen molar-refractivity contribution in [3.63, 3.8) is 0 Å². The van der Waals surface area contributed by atoms with Gasteiger partial charge in [-0.25, -0.2) is 4.79 Å². The van der Waals surface area contributed by atoms with Gasteiger partial charge in [0.05, 0.1) is 11.1 Å². The third kappa shape index (κ3) is 2.77. The van der Waals surface area contributed by atoms with E-state index in [0.717, 1.165) is 0 Å². The van der Waals surface area contributed by atoms with E-state index in [9.17, 15) is 9.59 Å². The summed E-state index contributed by atoms with van der Waals surface area (Å²) in [5.74, 6) is -0.771. The predicted molar refractivity (Wildman–Crippen MR) is 73.2 cm³/mol. The molecule has 0 radical (unpaired) electrons. The summed E-state index contributed by atoms with van der Waals surface area (Å²) in [6, 6.07) is 11.1. The molecule has 5 heteroatoms. The van der Waals surface area contributed by atoms with E-state index in [2.05, 4.69) is 0 Å². The van der Waals surface area contributed by atoms with E-state index < -0.39 is 11.9 Å². The summed E-state index contributed by atoms with van der Waals surface area (Å²) >= 11 is 0. The van der Waals surface area contributed by atoms with E-state index in [1.165, 1.54) is 12.1 Å². The van der Waals surface area contributed by atoms with Crippen LogP contribution in [0, 0.1) is 6.92 Å². The molecule has 1 amide bonds. The van der Waals surface area contributed by atoms with Crippen LogP contribution in [0.3, 0.4) is 0 Å². The number of para-hydroxylation sites is 1. The average Bonchev–Trinajstić information content (AvgIpc) is 2.41. The summed E-state index contributed by atoms with van der Waals surface area (Å²) in [6.07, 6.45) is 0. The van der Waals surface area contributed by atoms with Gasteiger partial charge in [0.2, 0.25) is 0 Å². The summed E-state index contributed by atoms with van der Waals surface area (Å²) in [6.45, 7) is 1.73. The van der Waals surface area contributed by atoms with Crippen molar-refractivity contribution in [1.82, 2.24) is 0 Å². The van der Waals surface area contributed by atoms with Crippen molar-refractivity contribution in [2.24, 2.45) is 5.73 Å². The standard InChI is InChI=1S/C15H13NO4/c1-9-8-10(15(18)19)6-7-12(9)20-13-5-3-2-4-11(13)14(16)17/h2-8H,1H3,(H2,16,17)(H,18,19). The zero-order valence-electron chi connectivity index (χ0n) is 10.8. The van der Waals surface area contributed by atoms with Crippen molar-refractivity contribution >= 4 is 11.9 Å². The van der Waals surface area contributed by atoms with E-state index in [-0.39, 0.29) is 11.1 Å². The minimum absolute atomic E-state index is 0.179. The largest absolute Gasteiger partial charge is 0.478 e. The van der Waals surface area contributed by atoms with Crippen molar-refractivity contribution in [2.45, 2.75) is 6.92 Å². The zero-order valence-corrected chi connectivity index (χ0v) is 10.8. The molecule has 0 aromatic heterocycles. The van der Waals surface area contributed by atoms with E-state index >= 15 is 0 Å². The highest BCUT2D eigenvalue weighted by Crippen LogP contribution is 2.28. The first kappa shape index (κ1) is 13.6. The quantitative estimate of drug-likeness (QED) is 0.894. The van der Waals surface area contributed by atoms with Crippen molar-refractivity contribution < 1.29 is 19.4 Å². The fourth-order valence-electron chi connectivity index (χ4n) is 1.77. The third-order valence-corrected chi connectivity index (χ3v) is 2.79. The molecule has 102 valence electrons. The van der Waals surface area contributed by atoms with Gasteiger partial charge in [0.15, 0.2) is 0 Å². The van der Waals surface area contributed by atoms with Crippen LogP contribution in [0.5, 0.6) is 11.5 Å². The Morgan fingerprint density at radius 2 is 1.80 bits per heavy atom. The van der Waals surface area contributed by atoms with Gasteiger partial charge in [-0.05, 0) is 42.8 Å². The van der Waals surface area contributed by atoms with E-state index in [4.69, 9.17) is 15.6 Å². The SMILES string of the molecule is Cc1cc(C(=O)O)ccc1Oc1ccccc1C(N)=O. The second-order valence-corrected chi connectivity index (χ2v) is 4.25. The van der Waals surface area contributed by atoms with Gasteiger partial charge in [-0.2, -0.15) is 0 Å². The number of hydrogen-bond acceptors (Lipinski definition) is 3. The predicted octanol–water partition coefficient (Wildman–Crippen LogP) is 2.58. The summed E-state index contributed by atoms with van der Waals surface area (Å²) in [4.78, 5) is 22.2. The molecular formula is C15H13NO4. The zero-order chi connectivity index (χ0) is 14.7. The van der Waals surface area contributed by atoms with Gasteiger partial charge in [0.1, 0.15) is 11.5 Å². The Labute approximate surface area is 115 Å². The minimum atomic E-state index is -1.00. The molecule has 2 aromatic rings. The molecule has 2 aromatic carbocycles. The number of carboxylic acid groups (broad SMARTS) is 1. The minimum Gasteiger partial charge on any atom is -0.478 e. The van der Waals surface area contributed by atoms with Crippen LogP contribution in [-0.2, 0) is 0 Å². The second kappa shape index (κ2) is 5.44. The van der Waals surface area contributed by atoms with Gasteiger partial charge in [-0.1, -0.05) is 12.1 Å². The molecule has 0 bridgehead atoms. The smallest absolute Gasteiger partial charge is 0.335 e. The number of primary amides is 1. The van der Waals surface area contributed by atoms with Crippen LogP contribution in [-0.4, -0.2) is 17.0 Å². The van der Waals surface area contributed by atoms with Crippen LogP contribution in [0.2, 0.25) is 0 Å². The number of carbonyl (C=O) groups excluding carboxylic acids is 1. The number of carbonyl (C=O) groups is 2. The second-order valence-electron chi connectivity index (χ2n) is 4.25. The molecular weight excluding hydrogens is 258 g/mol. The number of carboxylic acids is 1. The summed E-state index contributed by atoms with van der Waals surface area (Å²) in [5, 5.41) is 8.90. The molecule has 0 aliphatic carbocycles. The molecule has 0 saturated carbocycles. The van der Waals surface area contributed by atoms with Crippen LogP contribution < -0.4 is 10.5 Å². The molecule has 0 fully saturated rings. The van der Waals surface area contributed by atoms with Gasteiger partial charge in [0, 0.05) is 0 Å². The fraction of sp³-hybridized carbons (Fsp3) is 0.0667. The molecule has 3 N–H and O–H groups in total. The molecule has 2 rings (SSSR count). The summed E-state index contributed by atoms with van der Waals surface area (Å²) in [7, 11) is 0. The number of aromatic carboxylic acids is 1. The Balaban J connectivity index is 2.36. The monoisotopic (exact) mass is 271 g/mol. The highest BCUT2D eigenvalue weighted by Gasteiger charge is 2.11. The van der Waals surface area contributed by atoms with Crippen LogP contribution in [0.4, 0.5) is 0 Å². The molecule has 20 heavy (non-hydrogen) atoms. The van der Waals surface area contributed by atoms with Gasteiger partial charge in [-0.15, -0.1) is 0 Å². The van der Waals surface area contributed by atoms with E-state index in [1.807, 2.05) is 0 Å². The lowest BCUT2D eigenvalue weighted by Crippen LogP contribution is -2.12. The molecule has 0 unspecified atom stereocenters. The number of nitrogens with two attached hydrogens (primary N) is 1. The van der Waals surface area contributed by atoms with Crippen LogP contribution in [0.25, 0.3) is 0 Å². The first-order valence-electron chi connectivity index (χ1n) is 5.89. The number of benzene rings is 2. The number of rotatable bonds is 4. The maximum atomic E-state index is 11.3. The molecule has 0 spiro atoms. The molecule has 0 atom stereocenters. The Morgan fingerprint density at radius 3 is 2.40 bits per heavy atom. The van der Waals surface area contributed by atoms with Crippen LogP contribution >= 0.6 is 0 Å². The number of aryl methyl sites for hydroxylation is 1. The first-order chi connectivity index (χ1) is 9.49. The molecule has 0 saturated heterocycles. The van der Waals surface area contributed by atoms with Gasteiger partial charge < -0.3 is 15.6 Å². The lowest BCUT2D eigenvalue weighted by Gasteiger charge is -2.11. The maximum Gasteiger partial charge on any atom is 0.335 e. The fourth-order valence-corrected chi connectivity index (χ4v) is 1.77. The Hall–Kier alpha value is -2.82. The molecule has 0 aliphatic rings. The van der Waals surface area contributed by atoms with Crippen molar-refractivity contribution in [3.8, 4) is 11.5 Å². The Bertz CT molecular complexity index is 679. The van der Waals surface area contributed by atoms with E-state index in [0.29, 0.717) is 17.1 Å². The topological polar surface area (TPSA) is 89.6 Å². The Morgan fingerprint density at radius 1 is 1.10 bits per heavy atom. The highest BCUT2D eigenvalue weighted by molar-refractivity contribution is 5.95. The lowest BCUT2D eigenvalue weighted by molar-refractivity contribution is 0.0696. The van der Waals surface area contributed by atoms with Crippen LogP contribution in [0.1, 0.15) is 26.3 Å². The first-order valence-corrected chi connectivity index (χ1v) is 5.89. The third-order valence-electron chi connectivity index (χ3n) is 2.79. The van der Waals surface area contributed by atoms with Crippen molar-refractivity contribution in [3.05, 3.63) is 59.2 Å². The number of ether oxygens (including phenoxy) is 1. The molecule has 5 nitrogen and oxygen atoms in total. The average molecular weight is 271 g/mol. The lowest BCUT2D eigenvalue weighted by atomic mass is 10.1. The van der Waals surface area contributed by atoms with Crippen molar-refractivity contribution in [2.75, 3.05) is 0 Å². The molecule has 0 aliphatic heterocycles. The van der Waals surface area contributed by atoms with Crippen molar-refractivity contribution in [1.29, 1.82) is 0 Å². The number of hydrogen-bond donors (Lipinski definition) is 2. The summed E-state index contributed by atoms with van der Waals surface area (Å²) in [5.41, 5.74) is 6.38. The van der Waals surface area contributed by atoms with Crippen LogP contribution in [0.15, 0.2) is 42.5 Å². The van der Waals surface area contributed by atoms with Gasteiger partial charge >= 0.3 is 5.97 Å². The number of amides is 1. The van der Waals surface area contributed by atoms with E-state index in [1.54, 1.807) is 37.3 Å². The Kier molecular flexibility index (Phi) is 3.70.